The summed E-state index contributed by atoms with van der Waals surface area (Å²) in [4.78, 5) is 21.3. The van der Waals surface area contributed by atoms with E-state index in [-0.39, 0.29) is 6.03 Å². The van der Waals surface area contributed by atoms with Crippen LogP contribution in [-0.4, -0.2) is 61.3 Å². The fraction of sp³-hybridized carbons (Fsp3) is 0.417. The van der Waals surface area contributed by atoms with Crippen LogP contribution >= 0.6 is 23.2 Å². The summed E-state index contributed by atoms with van der Waals surface area (Å²) in [6.45, 7) is 4.28. The summed E-state index contributed by atoms with van der Waals surface area (Å²) in [5.41, 5.74) is 9.26. The van der Waals surface area contributed by atoms with E-state index in [1.807, 2.05) is 48.5 Å². The molecule has 7 nitrogen and oxygen atoms in total. The second kappa shape index (κ2) is 13.3. The van der Waals surface area contributed by atoms with E-state index in [0.29, 0.717) is 48.6 Å². The number of anilines is 3. The third kappa shape index (κ3) is 8.42. The fourth-order valence-electron chi connectivity index (χ4n) is 3.79. The molecule has 33 heavy (non-hydrogen) atoms. The molecule has 1 saturated heterocycles. The predicted octanol–water partition coefficient (Wildman–Crippen LogP) is 5.09. The van der Waals surface area contributed by atoms with Gasteiger partial charge < -0.3 is 21.3 Å². The molecule has 4 N–H and O–H groups in total. The number of nitrogens with two attached hydrogens (primary N) is 1. The SMILES string of the molecule is NC(CN1CCCCC1)=Nc1ccc(NC(=O)Nc2ccc(N(CCCl)CCCl)cc2)cc1. The Hall–Kier alpha value is -2.48. The number of halogens is 2. The van der Waals surface area contributed by atoms with Crippen molar-refractivity contribution >= 4 is 57.8 Å². The summed E-state index contributed by atoms with van der Waals surface area (Å²) >= 11 is 11.7. The number of aliphatic imine (C=N–C) groups is 1. The number of benzene rings is 2. The van der Waals surface area contributed by atoms with Crippen molar-refractivity contribution in [2.24, 2.45) is 10.7 Å². The quantitative estimate of drug-likeness (QED) is 0.246. The number of nitrogens with zero attached hydrogens (tertiary/aromatic N) is 3. The van der Waals surface area contributed by atoms with Crippen LogP contribution in [0.1, 0.15) is 19.3 Å². The maximum absolute atomic E-state index is 12.4. The lowest BCUT2D eigenvalue weighted by molar-refractivity contribution is 0.258. The normalized spacial score (nSPS) is 14.7. The molecule has 1 aliphatic heterocycles. The number of hydrogen-bond acceptors (Lipinski definition) is 4. The van der Waals surface area contributed by atoms with Crippen molar-refractivity contribution in [2.45, 2.75) is 19.3 Å². The molecule has 0 bridgehead atoms. The number of carbonyl (C=O) groups excluding carboxylic acids is 1. The third-order valence-electron chi connectivity index (χ3n) is 5.43. The Labute approximate surface area is 205 Å². The van der Waals surface area contributed by atoms with Gasteiger partial charge in [0.2, 0.25) is 0 Å². The predicted molar refractivity (Wildman–Crippen MR) is 141 cm³/mol. The van der Waals surface area contributed by atoms with Crippen molar-refractivity contribution in [3.63, 3.8) is 0 Å². The van der Waals surface area contributed by atoms with Gasteiger partial charge in [0, 0.05) is 41.9 Å². The molecule has 0 saturated carbocycles. The van der Waals surface area contributed by atoms with Crippen molar-refractivity contribution in [3.05, 3.63) is 48.5 Å². The first kappa shape index (κ1) is 25.1. The Morgan fingerprint density at radius 3 is 2.00 bits per heavy atom. The topological polar surface area (TPSA) is 86.0 Å². The van der Waals surface area contributed by atoms with Crippen LogP contribution in [0, 0.1) is 0 Å². The van der Waals surface area contributed by atoms with Gasteiger partial charge in [-0.05, 0) is 74.5 Å². The molecule has 1 fully saturated rings. The van der Waals surface area contributed by atoms with Gasteiger partial charge in [-0.15, -0.1) is 23.2 Å². The van der Waals surface area contributed by atoms with E-state index >= 15 is 0 Å². The minimum absolute atomic E-state index is 0.318. The number of piperidine rings is 1. The van der Waals surface area contributed by atoms with Gasteiger partial charge in [-0.3, -0.25) is 4.90 Å². The largest absolute Gasteiger partial charge is 0.386 e. The number of alkyl halides is 2. The number of rotatable bonds is 10. The van der Waals surface area contributed by atoms with Gasteiger partial charge >= 0.3 is 6.03 Å². The lowest BCUT2D eigenvalue weighted by Gasteiger charge is -2.25. The average Bonchev–Trinajstić information content (AvgIpc) is 2.81. The molecule has 178 valence electrons. The summed E-state index contributed by atoms with van der Waals surface area (Å²) in [6, 6.07) is 14.6. The first-order chi connectivity index (χ1) is 16.1. The molecule has 1 aliphatic rings. The van der Waals surface area contributed by atoms with Gasteiger partial charge in [0.25, 0.3) is 0 Å². The minimum Gasteiger partial charge on any atom is -0.386 e. The lowest BCUT2D eigenvalue weighted by Crippen LogP contribution is -2.37. The van der Waals surface area contributed by atoms with Crippen LogP contribution in [0.25, 0.3) is 0 Å². The molecule has 0 atom stereocenters. The average molecular weight is 491 g/mol. The van der Waals surface area contributed by atoms with Gasteiger partial charge in [0.05, 0.1) is 12.2 Å². The molecule has 0 spiro atoms. The first-order valence-electron chi connectivity index (χ1n) is 11.3. The molecule has 9 heteroatoms. The molecule has 2 amide bonds. The molecule has 3 rings (SSSR count). The van der Waals surface area contributed by atoms with Gasteiger partial charge in [0.1, 0.15) is 5.84 Å². The maximum atomic E-state index is 12.4. The van der Waals surface area contributed by atoms with Crippen LogP contribution in [-0.2, 0) is 0 Å². The standard InChI is InChI=1S/C24H32Cl2N6O/c25-12-16-32(17-13-26)22-10-8-21(9-11-22)30-24(33)29-20-6-4-19(5-7-20)28-23(27)18-31-14-2-1-3-15-31/h4-11H,1-3,12-18H2,(H2,27,28)(H2,29,30,33). The number of urea groups is 1. The summed E-state index contributed by atoms with van der Waals surface area (Å²) < 4.78 is 0. The monoisotopic (exact) mass is 490 g/mol. The van der Waals surface area contributed by atoms with Gasteiger partial charge in [-0.25, -0.2) is 9.79 Å². The zero-order valence-electron chi connectivity index (χ0n) is 18.8. The van der Waals surface area contributed by atoms with Crippen molar-refractivity contribution in [2.75, 3.05) is 60.0 Å². The van der Waals surface area contributed by atoms with Crippen LogP contribution in [0.4, 0.5) is 27.5 Å². The van der Waals surface area contributed by atoms with E-state index < -0.39 is 0 Å². The first-order valence-corrected chi connectivity index (χ1v) is 12.3. The molecular weight excluding hydrogens is 459 g/mol. The fourth-order valence-corrected chi connectivity index (χ4v) is 4.20. The number of likely N-dealkylation sites (tertiary alicyclic amines) is 1. The second-order valence-electron chi connectivity index (χ2n) is 7.98. The van der Waals surface area contributed by atoms with Crippen LogP contribution in [0.5, 0.6) is 0 Å². The second-order valence-corrected chi connectivity index (χ2v) is 8.73. The Bertz CT molecular complexity index is 892. The van der Waals surface area contributed by atoms with Crippen LogP contribution in [0.15, 0.2) is 53.5 Å². The summed E-state index contributed by atoms with van der Waals surface area (Å²) in [6.07, 6.45) is 3.74. The van der Waals surface area contributed by atoms with Crippen LogP contribution < -0.4 is 21.3 Å². The number of hydrogen-bond donors (Lipinski definition) is 3. The highest BCUT2D eigenvalue weighted by Crippen LogP contribution is 2.20. The molecule has 0 aromatic heterocycles. The van der Waals surface area contributed by atoms with E-state index in [4.69, 9.17) is 28.9 Å². The number of nitrogens with one attached hydrogen (secondary N) is 2. The van der Waals surface area contributed by atoms with Gasteiger partial charge in [-0.1, -0.05) is 6.42 Å². The maximum Gasteiger partial charge on any atom is 0.323 e. The Morgan fingerprint density at radius 2 is 1.45 bits per heavy atom. The summed E-state index contributed by atoms with van der Waals surface area (Å²) in [5.74, 6) is 1.65. The molecule has 0 unspecified atom stereocenters. The number of amidine groups is 1. The minimum atomic E-state index is -0.318. The molecule has 1 heterocycles. The highest BCUT2D eigenvalue weighted by molar-refractivity contribution is 6.18. The summed E-state index contributed by atoms with van der Waals surface area (Å²) in [7, 11) is 0. The molecule has 2 aromatic carbocycles. The van der Waals surface area contributed by atoms with Crippen molar-refractivity contribution in [3.8, 4) is 0 Å². The van der Waals surface area contributed by atoms with Crippen LogP contribution in [0.2, 0.25) is 0 Å². The van der Waals surface area contributed by atoms with Gasteiger partial charge in [-0.2, -0.15) is 0 Å². The number of amides is 2. The number of carbonyl (C=O) groups is 1. The molecule has 0 radical (unpaired) electrons. The van der Waals surface area contributed by atoms with Gasteiger partial charge in [0.15, 0.2) is 0 Å². The van der Waals surface area contributed by atoms with E-state index in [1.54, 1.807) is 0 Å². The van der Waals surface area contributed by atoms with Crippen molar-refractivity contribution in [1.82, 2.24) is 4.90 Å². The van der Waals surface area contributed by atoms with E-state index in [2.05, 4.69) is 25.4 Å². The third-order valence-corrected chi connectivity index (χ3v) is 5.77. The van der Waals surface area contributed by atoms with Crippen molar-refractivity contribution in [1.29, 1.82) is 0 Å². The Balaban J connectivity index is 1.50. The van der Waals surface area contributed by atoms with E-state index in [0.717, 1.165) is 24.5 Å². The highest BCUT2D eigenvalue weighted by atomic mass is 35.5. The zero-order valence-corrected chi connectivity index (χ0v) is 20.3. The zero-order chi connectivity index (χ0) is 23.5. The van der Waals surface area contributed by atoms with Crippen LogP contribution in [0.3, 0.4) is 0 Å². The molecule has 0 aliphatic carbocycles. The summed E-state index contributed by atoms with van der Waals surface area (Å²) in [5, 5.41) is 5.67. The molecule has 2 aromatic rings. The van der Waals surface area contributed by atoms with Crippen molar-refractivity contribution < 1.29 is 4.79 Å². The lowest BCUT2D eigenvalue weighted by atomic mass is 10.1. The Kier molecular flexibility index (Phi) is 10.1. The molecular formula is C24H32Cl2N6O. The highest BCUT2D eigenvalue weighted by Gasteiger charge is 2.11. The Morgan fingerprint density at radius 1 is 0.909 bits per heavy atom. The van der Waals surface area contributed by atoms with E-state index in [9.17, 15) is 4.79 Å². The van der Waals surface area contributed by atoms with E-state index in [1.165, 1.54) is 19.3 Å². The smallest absolute Gasteiger partial charge is 0.323 e.